The van der Waals surface area contributed by atoms with Crippen molar-refractivity contribution in [2.75, 3.05) is 31.2 Å². The van der Waals surface area contributed by atoms with Crippen molar-refractivity contribution < 1.29 is 4.74 Å². The molecule has 1 aromatic carbocycles. The predicted octanol–water partition coefficient (Wildman–Crippen LogP) is 3.92. The van der Waals surface area contributed by atoms with Crippen molar-refractivity contribution in [1.82, 2.24) is 4.98 Å². The van der Waals surface area contributed by atoms with E-state index in [1.165, 1.54) is 5.69 Å². The normalized spacial score (nSPS) is 15.9. The number of rotatable bonds is 3. The Balaban J connectivity index is 1.96. The van der Waals surface area contributed by atoms with Crippen LogP contribution in [0.5, 0.6) is 0 Å². The Labute approximate surface area is 130 Å². The number of morpholine rings is 1. The molecule has 1 saturated heterocycles. The van der Waals surface area contributed by atoms with Crippen molar-refractivity contribution in [3.63, 3.8) is 0 Å². The molecular formula is C17H21ClN2O. The molecule has 2 heterocycles. The minimum absolute atomic E-state index is 0.582. The number of fused-ring (bicyclic) bond motifs is 1. The third kappa shape index (κ3) is 3.30. The Morgan fingerprint density at radius 3 is 2.71 bits per heavy atom. The molecule has 1 aromatic heterocycles. The van der Waals surface area contributed by atoms with Crippen molar-refractivity contribution in [2.24, 2.45) is 5.92 Å². The van der Waals surface area contributed by atoms with Gasteiger partial charge in [0.15, 0.2) is 0 Å². The van der Waals surface area contributed by atoms with E-state index >= 15 is 0 Å². The summed E-state index contributed by atoms with van der Waals surface area (Å²) in [6, 6.07) is 8.37. The van der Waals surface area contributed by atoms with E-state index < -0.39 is 0 Å². The van der Waals surface area contributed by atoms with Gasteiger partial charge >= 0.3 is 0 Å². The zero-order chi connectivity index (χ0) is 14.8. The van der Waals surface area contributed by atoms with Crippen LogP contribution in [0.25, 0.3) is 10.9 Å². The summed E-state index contributed by atoms with van der Waals surface area (Å²) in [5, 5.41) is 1.83. The minimum Gasteiger partial charge on any atom is -0.378 e. The molecule has 0 aliphatic carbocycles. The van der Waals surface area contributed by atoms with Gasteiger partial charge in [-0.3, -0.25) is 4.98 Å². The highest BCUT2D eigenvalue weighted by Crippen LogP contribution is 2.28. The van der Waals surface area contributed by atoms with E-state index in [1.54, 1.807) is 0 Å². The summed E-state index contributed by atoms with van der Waals surface area (Å²) in [7, 11) is 0. The van der Waals surface area contributed by atoms with Gasteiger partial charge < -0.3 is 9.64 Å². The molecule has 0 N–H and O–H groups in total. The summed E-state index contributed by atoms with van der Waals surface area (Å²) in [4.78, 5) is 7.07. The molecule has 21 heavy (non-hydrogen) atoms. The Bertz CT molecular complexity index is 636. The standard InChI is InChI=1S/C17H21ClN2O/c1-12(2)9-13-10-16(18)15-11-14(3-4-17(15)19-13)20-5-7-21-8-6-20/h3-4,10-12H,5-9H2,1-2H3. The van der Waals surface area contributed by atoms with Crippen LogP contribution < -0.4 is 4.90 Å². The highest BCUT2D eigenvalue weighted by atomic mass is 35.5. The lowest BCUT2D eigenvalue weighted by Crippen LogP contribution is -2.36. The molecule has 1 aliphatic heterocycles. The van der Waals surface area contributed by atoms with Gasteiger partial charge in [0.05, 0.1) is 23.8 Å². The first-order chi connectivity index (χ1) is 10.1. The zero-order valence-corrected chi connectivity index (χ0v) is 13.4. The molecule has 112 valence electrons. The van der Waals surface area contributed by atoms with Crippen LogP contribution in [0.3, 0.4) is 0 Å². The molecule has 3 nitrogen and oxygen atoms in total. The quantitative estimate of drug-likeness (QED) is 0.859. The van der Waals surface area contributed by atoms with E-state index in [0.717, 1.165) is 54.3 Å². The summed E-state index contributed by atoms with van der Waals surface area (Å²) in [5.74, 6) is 0.582. The lowest BCUT2D eigenvalue weighted by Gasteiger charge is -2.29. The number of anilines is 1. The van der Waals surface area contributed by atoms with Gasteiger partial charge in [0, 0.05) is 29.9 Å². The Kier molecular flexibility index (Phi) is 4.32. The number of ether oxygens (including phenoxy) is 1. The van der Waals surface area contributed by atoms with Crippen molar-refractivity contribution in [3.8, 4) is 0 Å². The maximum absolute atomic E-state index is 6.47. The number of benzene rings is 1. The average molecular weight is 305 g/mol. The monoisotopic (exact) mass is 304 g/mol. The lowest BCUT2D eigenvalue weighted by molar-refractivity contribution is 0.122. The summed E-state index contributed by atoms with van der Waals surface area (Å²) in [6.07, 6.45) is 0.959. The smallest absolute Gasteiger partial charge is 0.0721 e. The van der Waals surface area contributed by atoms with E-state index in [-0.39, 0.29) is 0 Å². The zero-order valence-electron chi connectivity index (χ0n) is 12.6. The Hall–Kier alpha value is -1.32. The average Bonchev–Trinajstić information content (AvgIpc) is 2.47. The highest BCUT2D eigenvalue weighted by molar-refractivity contribution is 6.35. The number of hydrogen-bond acceptors (Lipinski definition) is 3. The summed E-state index contributed by atoms with van der Waals surface area (Å²) < 4.78 is 5.40. The SMILES string of the molecule is CC(C)Cc1cc(Cl)c2cc(N3CCOCC3)ccc2n1. The molecule has 4 heteroatoms. The van der Waals surface area contributed by atoms with Gasteiger partial charge in [-0.2, -0.15) is 0 Å². The molecule has 1 aliphatic rings. The van der Waals surface area contributed by atoms with Gasteiger partial charge in [-0.05, 0) is 36.6 Å². The molecule has 3 rings (SSSR count). The van der Waals surface area contributed by atoms with Crippen LogP contribution in [0.1, 0.15) is 19.5 Å². The van der Waals surface area contributed by atoms with E-state index in [4.69, 9.17) is 21.3 Å². The maximum Gasteiger partial charge on any atom is 0.0721 e. The van der Waals surface area contributed by atoms with Crippen molar-refractivity contribution in [2.45, 2.75) is 20.3 Å². The van der Waals surface area contributed by atoms with Gasteiger partial charge in [-0.1, -0.05) is 25.4 Å². The molecule has 0 saturated carbocycles. The molecule has 0 unspecified atom stereocenters. The minimum atomic E-state index is 0.582. The van der Waals surface area contributed by atoms with Crippen molar-refractivity contribution in [3.05, 3.63) is 35.0 Å². The highest BCUT2D eigenvalue weighted by Gasteiger charge is 2.13. The van der Waals surface area contributed by atoms with Crippen LogP contribution in [0.2, 0.25) is 5.02 Å². The molecule has 0 bridgehead atoms. The Morgan fingerprint density at radius 2 is 2.00 bits per heavy atom. The van der Waals surface area contributed by atoms with Crippen LogP contribution in [0.4, 0.5) is 5.69 Å². The lowest BCUT2D eigenvalue weighted by atomic mass is 10.1. The second-order valence-corrected chi connectivity index (χ2v) is 6.40. The van der Waals surface area contributed by atoms with Crippen LogP contribution in [0.15, 0.2) is 24.3 Å². The van der Waals surface area contributed by atoms with Crippen LogP contribution in [-0.4, -0.2) is 31.3 Å². The fourth-order valence-corrected chi connectivity index (χ4v) is 3.04. The van der Waals surface area contributed by atoms with E-state index in [9.17, 15) is 0 Å². The van der Waals surface area contributed by atoms with E-state index in [0.29, 0.717) is 5.92 Å². The molecule has 0 amide bonds. The first-order valence-electron chi connectivity index (χ1n) is 7.55. The van der Waals surface area contributed by atoms with E-state index in [2.05, 4.69) is 36.9 Å². The summed E-state index contributed by atoms with van der Waals surface area (Å²) >= 11 is 6.47. The van der Waals surface area contributed by atoms with Crippen LogP contribution in [-0.2, 0) is 11.2 Å². The fourth-order valence-electron chi connectivity index (χ4n) is 2.76. The number of nitrogens with zero attached hydrogens (tertiary/aromatic N) is 2. The largest absolute Gasteiger partial charge is 0.378 e. The van der Waals surface area contributed by atoms with Crippen molar-refractivity contribution in [1.29, 1.82) is 0 Å². The van der Waals surface area contributed by atoms with Gasteiger partial charge in [0.25, 0.3) is 0 Å². The van der Waals surface area contributed by atoms with Crippen LogP contribution in [0, 0.1) is 5.92 Å². The Morgan fingerprint density at radius 1 is 1.24 bits per heavy atom. The number of pyridine rings is 1. The first-order valence-corrected chi connectivity index (χ1v) is 7.93. The van der Waals surface area contributed by atoms with Crippen LogP contribution >= 0.6 is 11.6 Å². The predicted molar refractivity (Wildman–Crippen MR) is 88.3 cm³/mol. The number of hydrogen-bond donors (Lipinski definition) is 0. The van der Waals surface area contributed by atoms with Crippen molar-refractivity contribution >= 4 is 28.2 Å². The first kappa shape index (κ1) is 14.6. The number of aromatic nitrogens is 1. The van der Waals surface area contributed by atoms with Gasteiger partial charge in [-0.15, -0.1) is 0 Å². The second-order valence-electron chi connectivity index (χ2n) is 5.99. The molecular weight excluding hydrogens is 284 g/mol. The third-order valence-corrected chi connectivity index (χ3v) is 4.10. The third-order valence-electron chi connectivity index (χ3n) is 3.79. The summed E-state index contributed by atoms with van der Waals surface area (Å²) in [5.41, 5.74) is 3.25. The molecule has 1 fully saturated rings. The molecule has 2 aromatic rings. The molecule has 0 spiro atoms. The summed E-state index contributed by atoms with van der Waals surface area (Å²) in [6.45, 7) is 7.83. The van der Waals surface area contributed by atoms with E-state index in [1.807, 2.05) is 6.07 Å². The van der Waals surface area contributed by atoms with Gasteiger partial charge in [0.2, 0.25) is 0 Å². The van der Waals surface area contributed by atoms with Gasteiger partial charge in [-0.25, -0.2) is 0 Å². The molecule has 0 atom stereocenters. The second kappa shape index (κ2) is 6.20. The topological polar surface area (TPSA) is 25.4 Å². The van der Waals surface area contributed by atoms with Gasteiger partial charge in [0.1, 0.15) is 0 Å². The fraction of sp³-hybridized carbons (Fsp3) is 0.471. The number of halogens is 1. The maximum atomic E-state index is 6.47. The molecule has 0 radical (unpaired) electrons.